The minimum Gasteiger partial charge on any atom is -0.417 e. The van der Waals surface area contributed by atoms with E-state index in [9.17, 15) is 4.79 Å². The molecule has 0 aromatic heterocycles. The Bertz CT molecular complexity index is 368. The number of Topliss-reactive ketones (excluding diaryl/α,β-unsaturated/α-hetero) is 1. The highest BCUT2D eigenvalue weighted by Crippen LogP contribution is 2.44. The van der Waals surface area contributed by atoms with Gasteiger partial charge in [0.2, 0.25) is 0 Å². The van der Waals surface area contributed by atoms with Crippen LogP contribution in [0.5, 0.6) is 0 Å². The summed E-state index contributed by atoms with van der Waals surface area (Å²) < 4.78 is 6.24. The molecule has 0 unspecified atom stereocenters. The van der Waals surface area contributed by atoms with Crippen LogP contribution in [0.2, 0.25) is 18.1 Å². The van der Waals surface area contributed by atoms with Crippen molar-refractivity contribution in [2.45, 2.75) is 85.4 Å². The fourth-order valence-electron chi connectivity index (χ4n) is 3.07. The Morgan fingerprint density at radius 3 is 2.33 bits per heavy atom. The minimum atomic E-state index is -1.64. The van der Waals surface area contributed by atoms with Crippen LogP contribution in [0.25, 0.3) is 0 Å². The normalized spacial score (nSPS) is 27.7. The topological polar surface area (TPSA) is 26.3 Å². The second-order valence-corrected chi connectivity index (χ2v) is 13.8. The van der Waals surface area contributed by atoms with Crippen molar-refractivity contribution in [3.8, 4) is 0 Å². The van der Waals surface area contributed by atoms with Crippen molar-refractivity contribution in [3.05, 3.63) is 0 Å². The lowest BCUT2D eigenvalue weighted by molar-refractivity contribution is -0.129. The maximum atomic E-state index is 12.6. The van der Waals surface area contributed by atoms with E-state index in [1.54, 1.807) is 0 Å². The molecule has 1 rings (SSSR count). The Labute approximate surface area is 133 Å². The van der Waals surface area contributed by atoms with Gasteiger partial charge in [0, 0.05) is 17.9 Å². The molecule has 0 spiro atoms. The number of hydrogen-bond acceptors (Lipinski definition) is 2. The average molecular weight is 313 g/mol. The van der Waals surface area contributed by atoms with E-state index in [2.05, 4.69) is 54.6 Å². The first-order valence-electron chi connectivity index (χ1n) is 8.59. The second kappa shape index (κ2) is 6.53. The van der Waals surface area contributed by atoms with E-state index in [4.69, 9.17) is 4.43 Å². The molecule has 1 aliphatic carbocycles. The van der Waals surface area contributed by atoms with Crippen LogP contribution in [0.4, 0.5) is 0 Å². The number of hydrogen-bond donors (Lipinski definition) is 0. The molecule has 0 aromatic carbocycles. The molecule has 0 aromatic rings. The van der Waals surface area contributed by atoms with Gasteiger partial charge in [0.1, 0.15) is 5.78 Å². The molecule has 1 fully saturated rings. The third-order valence-electron chi connectivity index (χ3n) is 5.89. The van der Waals surface area contributed by atoms with Gasteiger partial charge in [0.15, 0.2) is 8.32 Å². The van der Waals surface area contributed by atoms with E-state index < -0.39 is 8.32 Å². The summed E-state index contributed by atoms with van der Waals surface area (Å²) in [5, 5.41) is 0.267. The van der Waals surface area contributed by atoms with Gasteiger partial charge in [-0.2, -0.15) is 0 Å². The molecule has 124 valence electrons. The molecule has 0 aliphatic heterocycles. The van der Waals surface area contributed by atoms with Crippen LogP contribution in [-0.4, -0.2) is 20.7 Å². The molecule has 0 amide bonds. The maximum absolute atomic E-state index is 12.6. The first kappa shape index (κ1) is 18.9. The van der Waals surface area contributed by atoms with E-state index >= 15 is 0 Å². The first-order valence-corrected chi connectivity index (χ1v) is 11.5. The van der Waals surface area contributed by atoms with Crippen LogP contribution < -0.4 is 0 Å². The summed E-state index contributed by atoms with van der Waals surface area (Å²) in [7, 11) is -1.64. The molecule has 1 aliphatic rings. The Morgan fingerprint density at radius 2 is 1.90 bits per heavy atom. The fourth-order valence-corrected chi connectivity index (χ4v) is 4.15. The SMILES string of the molecule is CC(C)[C@@H]1CC[C@@](C)(CCCO[Si](C)(C)C(C)(C)C)C1=O. The van der Waals surface area contributed by atoms with E-state index in [0.29, 0.717) is 11.7 Å². The minimum absolute atomic E-state index is 0.0915. The number of ketones is 1. The maximum Gasteiger partial charge on any atom is 0.191 e. The van der Waals surface area contributed by atoms with Gasteiger partial charge in [-0.25, -0.2) is 0 Å². The van der Waals surface area contributed by atoms with Crippen LogP contribution in [0.15, 0.2) is 0 Å². The van der Waals surface area contributed by atoms with E-state index in [1.165, 1.54) is 0 Å². The zero-order valence-electron chi connectivity index (χ0n) is 15.5. The number of carbonyl (C=O) groups is 1. The molecular formula is C18H36O2Si. The standard InChI is InChI=1S/C18H36O2Si/c1-14(2)15-10-12-18(6,16(15)19)11-9-13-20-21(7,8)17(3,4)5/h14-15H,9-13H2,1-8H3/t15-,18+/m0/s1. The van der Waals surface area contributed by atoms with Crippen LogP contribution in [0.1, 0.15) is 67.2 Å². The Hall–Kier alpha value is -0.153. The zero-order chi connectivity index (χ0) is 16.5. The molecule has 2 atom stereocenters. The summed E-state index contributed by atoms with van der Waals surface area (Å²) in [6, 6.07) is 0. The lowest BCUT2D eigenvalue weighted by Crippen LogP contribution is -2.41. The van der Waals surface area contributed by atoms with Gasteiger partial charge in [0.25, 0.3) is 0 Å². The summed E-state index contributed by atoms with van der Waals surface area (Å²) in [4.78, 5) is 12.6. The average Bonchev–Trinajstić information content (AvgIpc) is 2.61. The van der Waals surface area contributed by atoms with Crippen molar-refractivity contribution in [3.63, 3.8) is 0 Å². The molecule has 21 heavy (non-hydrogen) atoms. The monoisotopic (exact) mass is 312 g/mol. The highest BCUT2D eigenvalue weighted by atomic mass is 28.4. The highest BCUT2D eigenvalue weighted by molar-refractivity contribution is 6.74. The van der Waals surface area contributed by atoms with Crippen molar-refractivity contribution in [2.75, 3.05) is 6.61 Å². The molecule has 3 heteroatoms. The molecule has 0 heterocycles. The molecule has 0 bridgehead atoms. The summed E-state index contributed by atoms with van der Waals surface area (Å²) in [5.41, 5.74) is -0.0915. The quantitative estimate of drug-likeness (QED) is 0.483. The molecule has 2 nitrogen and oxygen atoms in total. The summed E-state index contributed by atoms with van der Waals surface area (Å²) in [6.45, 7) is 18.7. The van der Waals surface area contributed by atoms with Gasteiger partial charge in [-0.05, 0) is 49.7 Å². The molecule has 0 radical (unpaired) electrons. The van der Waals surface area contributed by atoms with Gasteiger partial charge in [-0.3, -0.25) is 4.79 Å². The van der Waals surface area contributed by atoms with Crippen molar-refractivity contribution >= 4 is 14.1 Å². The van der Waals surface area contributed by atoms with Gasteiger partial charge >= 0.3 is 0 Å². The van der Waals surface area contributed by atoms with E-state index in [0.717, 1.165) is 32.3 Å². The van der Waals surface area contributed by atoms with Crippen LogP contribution in [0.3, 0.4) is 0 Å². The third-order valence-corrected chi connectivity index (χ3v) is 10.4. The van der Waals surface area contributed by atoms with Crippen molar-refractivity contribution in [1.82, 2.24) is 0 Å². The van der Waals surface area contributed by atoms with E-state index in [1.807, 2.05) is 0 Å². The van der Waals surface area contributed by atoms with Crippen LogP contribution in [-0.2, 0) is 9.22 Å². The van der Waals surface area contributed by atoms with Gasteiger partial charge in [-0.1, -0.05) is 41.5 Å². The number of carbonyl (C=O) groups excluding carboxylic acids is 1. The van der Waals surface area contributed by atoms with Gasteiger partial charge in [0.05, 0.1) is 0 Å². The lowest BCUT2D eigenvalue weighted by Gasteiger charge is -2.36. The summed E-state index contributed by atoms with van der Waals surface area (Å²) in [5.74, 6) is 1.28. The van der Waals surface area contributed by atoms with Gasteiger partial charge < -0.3 is 4.43 Å². The van der Waals surface area contributed by atoms with Crippen molar-refractivity contribution < 1.29 is 9.22 Å². The molecular weight excluding hydrogens is 276 g/mol. The van der Waals surface area contributed by atoms with Crippen molar-refractivity contribution in [1.29, 1.82) is 0 Å². The second-order valence-electron chi connectivity index (χ2n) is 9.03. The molecule has 1 saturated carbocycles. The predicted octanol–water partition coefficient (Wildman–Crippen LogP) is 5.43. The van der Waals surface area contributed by atoms with Gasteiger partial charge in [-0.15, -0.1) is 0 Å². The fraction of sp³-hybridized carbons (Fsp3) is 0.944. The predicted molar refractivity (Wildman–Crippen MR) is 93.1 cm³/mol. The van der Waals surface area contributed by atoms with E-state index in [-0.39, 0.29) is 16.4 Å². The smallest absolute Gasteiger partial charge is 0.191 e. The Morgan fingerprint density at radius 1 is 1.33 bits per heavy atom. The third kappa shape index (κ3) is 4.41. The van der Waals surface area contributed by atoms with Crippen LogP contribution in [0, 0.1) is 17.3 Å². The summed E-state index contributed by atoms with van der Waals surface area (Å²) in [6.07, 6.45) is 4.15. The number of rotatable bonds is 6. The Kier molecular flexibility index (Phi) is 5.88. The molecule has 0 N–H and O–H groups in total. The Balaban J connectivity index is 2.45. The summed E-state index contributed by atoms with van der Waals surface area (Å²) >= 11 is 0. The molecule has 0 saturated heterocycles. The zero-order valence-corrected chi connectivity index (χ0v) is 16.5. The van der Waals surface area contributed by atoms with Crippen LogP contribution >= 0.6 is 0 Å². The highest BCUT2D eigenvalue weighted by Gasteiger charge is 2.44. The largest absolute Gasteiger partial charge is 0.417 e. The first-order chi connectivity index (χ1) is 9.41. The lowest BCUT2D eigenvalue weighted by atomic mass is 9.80. The van der Waals surface area contributed by atoms with Crippen molar-refractivity contribution in [2.24, 2.45) is 17.3 Å².